The minimum Gasteiger partial charge on any atom is -0.310 e. The van der Waals surface area contributed by atoms with Crippen LogP contribution in [0.3, 0.4) is 0 Å². The molecule has 0 amide bonds. The zero-order chi connectivity index (χ0) is 37.2. The van der Waals surface area contributed by atoms with Crippen molar-refractivity contribution in [2.45, 2.75) is 38.9 Å². The quantitative estimate of drug-likeness (QED) is 0.151. The van der Waals surface area contributed by atoms with E-state index in [-0.39, 0.29) is 11.2 Å². The highest BCUT2D eigenvalue weighted by Gasteiger charge is 2.39. The van der Waals surface area contributed by atoms with Crippen molar-refractivity contribution in [2.75, 3.05) is 9.80 Å². The van der Waals surface area contributed by atoms with Crippen LogP contribution < -0.4 is 15.0 Å². The molecule has 1 aliphatic carbocycles. The Morgan fingerprint density at radius 1 is 0.444 bits per heavy atom. The first-order chi connectivity index (χ1) is 26.1. The molecule has 0 spiro atoms. The lowest BCUT2D eigenvalue weighted by Crippen LogP contribution is -2.38. The summed E-state index contributed by atoms with van der Waals surface area (Å²) < 4.78 is 16.3. The smallest absolute Gasteiger partial charge is 0.147 e. The fourth-order valence-electron chi connectivity index (χ4n) is 8.63. The van der Waals surface area contributed by atoms with Gasteiger partial charge in [0.25, 0.3) is 0 Å². The molecule has 1 aliphatic rings. The van der Waals surface area contributed by atoms with Gasteiger partial charge in [-0.25, -0.2) is 4.39 Å². The van der Waals surface area contributed by atoms with Crippen LogP contribution >= 0.6 is 0 Å². The van der Waals surface area contributed by atoms with Crippen LogP contribution in [0.2, 0.25) is 19.6 Å². The van der Waals surface area contributed by atoms with Crippen molar-refractivity contribution in [3.05, 3.63) is 187 Å². The molecule has 9 rings (SSSR count). The number of fused-ring (bicyclic) bond motifs is 6. The minimum absolute atomic E-state index is 0.255. The SMILES string of the molecule is CC1(C)c2cc(N(c3ccccc3)c3ccccc3)ccc2-c2c1cc(N(c1ccccc1F)c1ccc([Si](C)(C)C)c3ccccc13)c1ccccc21. The molecule has 8 aromatic carbocycles. The number of hydrogen-bond donors (Lipinski definition) is 0. The van der Waals surface area contributed by atoms with Crippen LogP contribution in [0.4, 0.5) is 38.5 Å². The van der Waals surface area contributed by atoms with E-state index >= 15 is 4.39 Å². The lowest BCUT2D eigenvalue weighted by atomic mass is 9.81. The first-order valence-electron chi connectivity index (χ1n) is 18.8. The Morgan fingerprint density at radius 2 is 1.00 bits per heavy atom. The van der Waals surface area contributed by atoms with Crippen molar-refractivity contribution in [3.63, 3.8) is 0 Å². The fourth-order valence-corrected chi connectivity index (χ4v) is 10.2. The predicted molar refractivity (Wildman–Crippen MR) is 231 cm³/mol. The molecule has 0 unspecified atom stereocenters. The Hall–Kier alpha value is -5.97. The molecular formula is C50H43FN2Si. The van der Waals surface area contributed by atoms with E-state index in [0.717, 1.165) is 44.6 Å². The maximum atomic E-state index is 16.3. The van der Waals surface area contributed by atoms with Gasteiger partial charge in [-0.1, -0.05) is 148 Å². The van der Waals surface area contributed by atoms with E-state index < -0.39 is 8.07 Å². The first-order valence-corrected chi connectivity index (χ1v) is 22.3. The molecule has 0 saturated heterocycles. The summed E-state index contributed by atoms with van der Waals surface area (Å²) in [5.74, 6) is -0.255. The topological polar surface area (TPSA) is 6.48 Å². The molecule has 264 valence electrons. The summed E-state index contributed by atoms with van der Waals surface area (Å²) in [6, 6.07) is 59.5. The van der Waals surface area contributed by atoms with Crippen LogP contribution in [0.25, 0.3) is 32.7 Å². The number of nitrogens with zero attached hydrogens (tertiary/aromatic N) is 2. The molecule has 0 N–H and O–H groups in total. The van der Waals surface area contributed by atoms with Gasteiger partial charge in [-0.15, -0.1) is 0 Å². The zero-order valence-electron chi connectivity index (χ0n) is 31.4. The Balaban J connectivity index is 1.29. The zero-order valence-corrected chi connectivity index (χ0v) is 32.4. The molecule has 0 radical (unpaired) electrons. The van der Waals surface area contributed by atoms with Gasteiger partial charge < -0.3 is 9.80 Å². The molecule has 8 aromatic rings. The number of para-hydroxylation sites is 3. The molecule has 0 bridgehead atoms. The second-order valence-electron chi connectivity index (χ2n) is 15.9. The normalized spacial score (nSPS) is 13.1. The Morgan fingerprint density at radius 3 is 1.63 bits per heavy atom. The number of rotatable bonds is 7. The van der Waals surface area contributed by atoms with Gasteiger partial charge >= 0.3 is 0 Å². The van der Waals surface area contributed by atoms with E-state index in [1.54, 1.807) is 12.1 Å². The van der Waals surface area contributed by atoms with E-state index in [4.69, 9.17) is 0 Å². The van der Waals surface area contributed by atoms with Gasteiger partial charge in [-0.05, 0) is 93.7 Å². The summed E-state index contributed by atoms with van der Waals surface area (Å²) in [5.41, 5.74) is 10.5. The second-order valence-corrected chi connectivity index (χ2v) is 21.0. The van der Waals surface area contributed by atoms with Crippen molar-refractivity contribution in [2.24, 2.45) is 0 Å². The summed E-state index contributed by atoms with van der Waals surface area (Å²) in [5, 5.41) is 6.02. The Labute approximate surface area is 318 Å². The molecule has 0 aliphatic heterocycles. The molecule has 2 nitrogen and oxygen atoms in total. The maximum absolute atomic E-state index is 16.3. The summed E-state index contributed by atoms with van der Waals surface area (Å²) in [7, 11) is -1.69. The van der Waals surface area contributed by atoms with Gasteiger partial charge in [-0.2, -0.15) is 0 Å². The van der Waals surface area contributed by atoms with Crippen molar-refractivity contribution < 1.29 is 4.39 Å². The number of hydrogen-bond acceptors (Lipinski definition) is 2. The lowest BCUT2D eigenvalue weighted by Gasteiger charge is -2.32. The maximum Gasteiger partial charge on any atom is 0.147 e. The Bertz CT molecular complexity index is 2660. The van der Waals surface area contributed by atoms with E-state index in [1.165, 1.54) is 32.8 Å². The molecule has 0 fully saturated rings. The predicted octanol–water partition coefficient (Wildman–Crippen LogP) is 13.9. The van der Waals surface area contributed by atoms with Crippen molar-refractivity contribution in [1.29, 1.82) is 0 Å². The van der Waals surface area contributed by atoms with Gasteiger partial charge in [0.1, 0.15) is 5.82 Å². The van der Waals surface area contributed by atoms with Crippen LogP contribution in [0, 0.1) is 5.82 Å². The van der Waals surface area contributed by atoms with E-state index in [1.807, 2.05) is 12.1 Å². The van der Waals surface area contributed by atoms with Crippen molar-refractivity contribution >= 4 is 68.9 Å². The number of halogens is 1. The van der Waals surface area contributed by atoms with Gasteiger partial charge in [0.2, 0.25) is 0 Å². The highest BCUT2D eigenvalue weighted by Crippen LogP contribution is 2.56. The van der Waals surface area contributed by atoms with E-state index in [0.29, 0.717) is 5.69 Å². The molecule has 0 heterocycles. The van der Waals surface area contributed by atoms with Gasteiger partial charge in [0, 0.05) is 33.2 Å². The van der Waals surface area contributed by atoms with E-state index in [2.05, 4.69) is 189 Å². The highest BCUT2D eigenvalue weighted by molar-refractivity contribution is 6.90. The average Bonchev–Trinajstić information content (AvgIpc) is 3.41. The van der Waals surface area contributed by atoms with Crippen molar-refractivity contribution in [3.8, 4) is 11.1 Å². The van der Waals surface area contributed by atoms with E-state index in [9.17, 15) is 0 Å². The lowest BCUT2D eigenvalue weighted by molar-refractivity contribution is 0.629. The standard InChI is InChI=1S/C50H43FN2Si/c1-50(2)42-32-36(52(34-18-8-6-9-19-34)35-20-10-7-11-21-35)28-29-41(42)49-40-25-15-13-23-38(40)47(33-43(49)50)53(46-27-17-16-26-44(46)51)45-30-31-48(54(3,4)5)39-24-14-12-22-37(39)45/h6-33H,1-5H3. The molecule has 54 heavy (non-hydrogen) atoms. The largest absolute Gasteiger partial charge is 0.310 e. The third-order valence-corrected chi connectivity index (χ3v) is 13.3. The van der Waals surface area contributed by atoms with Gasteiger partial charge in [0.05, 0.1) is 25.1 Å². The van der Waals surface area contributed by atoms with Crippen molar-refractivity contribution in [1.82, 2.24) is 0 Å². The molecule has 0 atom stereocenters. The van der Waals surface area contributed by atoms with Crippen LogP contribution in [0.15, 0.2) is 170 Å². The van der Waals surface area contributed by atoms with Crippen LogP contribution in [0.5, 0.6) is 0 Å². The second kappa shape index (κ2) is 12.9. The fraction of sp³-hybridized carbons (Fsp3) is 0.120. The van der Waals surface area contributed by atoms with Crippen LogP contribution in [0.1, 0.15) is 25.0 Å². The molecular weight excluding hydrogens is 676 g/mol. The summed E-state index contributed by atoms with van der Waals surface area (Å²) in [4.78, 5) is 4.50. The third-order valence-electron chi connectivity index (χ3n) is 11.2. The molecule has 0 aromatic heterocycles. The molecule has 4 heteroatoms. The minimum atomic E-state index is -1.69. The average molecular weight is 719 g/mol. The summed E-state index contributed by atoms with van der Waals surface area (Å²) >= 11 is 0. The highest BCUT2D eigenvalue weighted by atomic mass is 28.3. The number of benzene rings is 8. The van der Waals surface area contributed by atoms with Gasteiger partial charge in [-0.3, -0.25) is 0 Å². The van der Waals surface area contributed by atoms with Crippen LogP contribution in [-0.4, -0.2) is 8.07 Å². The first kappa shape index (κ1) is 33.8. The summed E-state index contributed by atoms with van der Waals surface area (Å²) in [6.07, 6.45) is 0. The monoisotopic (exact) mass is 718 g/mol. The Kier molecular flexibility index (Phi) is 8.06. The van der Waals surface area contributed by atoms with Crippen LogP contribution in [-0.2, 0) is 5.41 Å². The van der Waals surface area contributed by atoms with Gasteiger partial charge in [0.15, 0.2) is 0 Å². The summed E-state index contributed by atoms with van der Waals surface area (Å²) in [6.45, 7) is 11.8. The number of anilines is 6. The third kappa shape index (κ3) is 5.44. The molecule has 0 saturated carbocycles.